The number of aromatic nitrogens is 4. The number of aliphatic hydroxyl groups excluding tert-OH is 9. The zero-order chi connectivity index (χ0) is 33.7. The SMILES string of the molecule is Nc1nc2c(ncn2[C@@H]2O[C@H](COP(=O)(O)OC[C@H]3O[C@H](OC[C@H]4OC(O)[C@H](O)[C@@H](O)[C@@H]4O)[C@H](O)[C@@H](O)[C@H]3O)[C@@H](O)[C@H]2O)c(=O)[nH]1. The molecule has 3 aliphatic heterocycles. The van der Waals surface area contributed by atoms with Gasteiger partial charge >= 0.3 is 7.82 Å². The van der Waals surface area contributed by atoms with Crippen molar-refractivity contribution in [2.24, 2.45) is 0 Å². The third-order valence-corrected chi connectivity index (χ3v) is 8.60. The van der Waals surface area contributed by atoms with Crippen LogP contribution in [0.25, 0.3) is 11.2 Å². The van der Waals surface area contributed by atoms with E-state index in [-0.39, 0.29) is 17.1 Å². The van der Waals surface area contributed by atoms with Crippen molar-refractivity contribution in [3.05, 3.63) is 16.7 Å². The van der Waals surface area contributed by atoms with Crippen LogP contribution in [-0.2, 0) is 32.6 Å². The van der Waals surface area contributed by atoms with Crippen LogP contribution in [0.15, 0.2) is 11.1 Å². The van der Waals surface area contributed by atoms with Crippen LogP contribution in [0.5, 0.6) is 0 Å². The van der Waals surface area contributed by atoms with E-state index < -0.39 is 119 Å². The lowest BCUT2D eigenvalue weighted by Crippen LogP contribution is -2.61. The molecule has 5 heterocycles. The van der Waals surface area contributed by atoms with Gasteiger partial charge in [-0.3, -0.25) is 23.4 Å². The predicted octanol–water partition coefficient (Wildman–Crippen LogP) is -6.92. The molecule has 2 aromatic rings. The van der Waals surface area contributed by atoms with Crippen LogP contribution in [0.1, 0.15) is 6.23 Å². The number of fused-ring (bicyclic) bond motifs is 1. The number of nitrogens with zero attached hydrogens (tertiary/aromatic N) is 3. The van der Waals surface area contributed by atoms with Gasteiger partial charge in [-0.25, -0.2) is 9.55 Å². The quantitative estimate of drug-likeness (QED) is 0.103. The molecule has 3 saturated heterocycles. The normalized spacial score (nSPS) is 41.5. The maximum Gasteiger partial charge on any atom is 0.472 e. The Morgan fingerprint density at radius 2 is 1.37 bits per heavy atom. The molecule has 46 heavy (non-hydrogen) atoms. The van der Waals surface area contributed by atoms with E-state index in [9.17, 15) is 60.2 Å². The second-order valence-electron chi connectivity index (χ2n) is 10.8. The minimum atomic E-state index is -5.01. The number of rotatable bonds is 10. The zero-order valence-electron chi connectivity index (χ0n) is 23.4. The van der Waals surface area contributed by atoms with Crippen LogP contribution in [-0.4, -0.2) is 170 Å². The highest BCUT2D eigenvalue weighted by atomic mass is 31.2. The third kappa shape index (κ3) is 6.96. The Morgan fingerprint density at radius 3 is 2.02 bits per heavy atom. The highest BCUT2D eigenvalue weighted by Crippen LogP contribution is 2.45. The van der Waals surface area contributed by atoms with Gasteiger partial charge in [0.25, 0.3) is 5.56 Å². The molecule has 23 nitrogen and oxygen atoms in total. The molecule has 3 aliphatic rings. The van der Waals surface area contributed by atoms with Crippen molar-refractivity contribution < 1.29 is 83.4 Å². The number of imidazole rings is 1. The summed E-state index contributed by atoms with van der Waals surface area (Å²) in [4.78, 5) is 32.3. The molecule has 0 spiro atoms. The Labute approximate surface area is 256 Å². The number of aromatic amines is 1. The van der Waals surface area contributed by atoms with Crippen molar-refractivity contribution in [3.63, 3.8) is 0 Å². The minimum Gasteiger partial charge on any atom is -0.387 e. The number of anilines is 1. The molecule has 0 amide bonds. The molecular weight excluding hydrogens is 653 g/mol. The smallest absolute Gasteiger partial charge is 0.387 e. The van der Waals surface area contributed by atoms with Crippen LogP contribution in [0.3, 0.4) is 0 Å². The Hall–Kier alpha value is -2.26. The fraction of sp³-hybridized carbons (Fsp3) is 0.773. The molecular formula is C22H34N5O18P. The van der Waals surface area contributed by atoms with Gasteiger partial charge in [0.05, 0.1) is 26.1 Å². The number of hydrogen-bond acceptors (Lipinski definition) is 20. The number of H-pyrrole nitrogens is 1. The van der Waals surface area contributed by atoms with Crippen LogP contribution < -0.4 is 11.3 Å². The van der Waals surface area contributed by atoms with Crippen LogP contribution in [0.4, 0.5) is 5.95 Å². The van der Waals surface area contributed by atoms with Gasteiger partial charge in [-0.15, -0.1) is 0 Å². The average Bonchev–Trinajstić information content (AvgIpc) is 3.55. The number of ether oxygens (including phenoxy) is 4. The minimum absolute atomic E-state index is 0.0766. The summed E-state index contributed by atoms with van der Waals surface area (Å²) in [6.07, 6.45) is -22.7. The first kappa shape index (κ1) is 35.1. The Balaban J connectivity index is 1.15. The second-order valence-corrected chi connectivity index (χ2v) is 12.2. The summed E-state index contributed by atoms with van der Waals surface area (Å²) in [5.74, 6) is -0.255. The summed E-state index contributed by atoms with van der Waals surface area (Å²) in [6, 6.07) is 0. The first-order chi connectivity index (χ1) is 21.6. The van der Waals surface area contributed by atoms with Crippen LogP contribution in [0, 0.1) is 0 Å². The van der Waals surface area contributed by atoms with Gasteiger partial charge in [-0.2, -0.15) is 4.98 Å². The molecule has 0 saturated carbocycles. The average molecular weight is 688 g/mol. The molecule has 2 aromatic heterocycles. The summed E-state index contributed by atoms with van der Waals surface area (Å²) < 4.78 is 44.6. The zero-order valence-corrected chi connectivity index (χ0v) is 24.3. The molecule has 0 bridgehead atoms. The fourth-order valence-corrected chi connectivity index (χ4v) is 5.79. The van der Waals surface area contributed by atoms with E-state index >= 15 is 0 Å². The molecule has 15 atom stereocenters. The van der Waals surface area contributed by atoms with Crippen molar-refractivity contribution in [3.8, 4) is 0 Å². The molecule has 0 aromatic carbocycles. The molecule has 3 fully saturated rings. The van der Waals surface area contributed by atoms with Gasteiger partial charge < -0.3 is 75.5 Å². The number of phosphoric acid groups is 1. The summed E-state index contributed by atoms with van der Waals surface area (Å²) in [5, 5.41) is 90.9. The van der Waals surface area contributed by atoms with Crippen molar-refractivity contribution in [2.45, 2.75) is 86.0 Å². The van der Waals surface area contributed by atoms with Gasteiger partial charge in [0.1, 0.15) is 67.1 Å². The van der Waals surface area contributed by atoms with Crippen LogP contribution in [0.2, 0.25) is 0 Å². The standard InChI is InChI=1S/C22H34N5O18P/c23-22-25-17-8(18(36)26-22)24-4-27(17)19-14(33)11(30)6(43-19)2-41-46(38,39)42-3-7-10(29)13(32)16(35)21(45-7)40-1-5-9(28)12(31)15(34)20(37)44-5/h4-7,9-16,19-21,28-35,37H,1-3H2,(H,38,39)(H3,23,25,26,36)/t5-,6-,7-,9-,10+,11-,12+,13+,14-,15-,16-,19-,20?,21+/m1/s1. The van der Waals surface area contributed by atoms with E-state index in [1.807, 2.05) is 0 Å². The van der Waals surface area contributed by atoms with E-state index in [1.54, 1.807) is 0 Å². The highest BCUT2D eigenvalue weighted by Gasteiger charge is 2.48. The van der Waals surface area contributed by atoms with E-state index in [0.29, 0.717) is 0 Å². The van der Waals surface area contributed by atoms with Crippen LogP contribution >= 0.6 is 7.82 Å². The molecule has 260 valence electrons. The summed E-state index contributed by atoms with van der Waals surface area (Å²) in [6.45, 7) is -2.40. The van der Waals surface area contributed by atoms with Gasteiger partial charge in [-0.05, 0) is 0 Å². The van der Waals surface area contributed by atoms with Gasteiger partial charge in [0, 0.05) is 0 Å². The third-order valence-electron chi connectivity index (χ3n) is 7.65. The van der Waals surface area contributed by atoms with Crippen molar-refractivity contribution >= 4 is 24.9 Å². The predicted molar refractivity (Wildman–Crippen MR) is 142 cm³/mol. The van der Waals surface area contributed by atoms with Gasteiger partial charge in [-0.1, -0.05) is 0 Å². The number of nitrogen functional groups attached to an aromatic ring is 1. The number of hydrogen-bond donors (Lipinski definition) is 12. The van der Waals surface area contributed by atoms with E-state index in [1.165, 1.54) is 0 Å². The second kappa shape index (κ2) is 13.7. The van der Waals surface area contributed by atoms with Gasteiger partial charge in [0.2, 0.25) is 5.95 Å². The molecule has 24 heteroatoms. The number of nitrogens with one attached hydrogen (secondary N) is 1. The summed E-state index contributed by atoms with van der Waals surface area (Å²) in [5.41, 5.74) is 4.68. The van der Waals surface area contributed by atoms with Crippen molar-refractivity contribution in [1.29, 1.82) is 0 Å². The maximum atomic E-state index is 12.6. The Kier molecular flexibility index (Phi) is 10.4. The maximum absolute atomic E-state index is 12.6. The molecule has 2 unspecified atom stereocenters. The summed E-state index contributed by atoms with van der Waals surface area (Å²) in [7, 11) is -5.01. The number of aliphatic hydroxyl groups is 9. The van der Waals surface area contributed by atoms with Crippen molar-refractivity contribution in [2.75, 3.05) is 25.6 Å². The largest absolute Gasteiger partial charge is 0.472 e. The number of phosphoric ester groups is 1. The van der Waals surface area contributed by atoms with Gasteiger partial charge in [0.15, 0.2) is 30.0 Å². The lowest BCUT2D eigenvalue weighted by atomic mass is 9.98. The Bertz CT molecular complexity index is 1460. The first-order valence-electron chi connectivity index (χ1n) is 13.6. The van der Waals surface area contributed by atoms with E-state index in [4.69, 9.17) is 33.7 Å². The molecule has 5 rings (SSSR count). The molecule has 13 N–H and O–H groups in total. The monoisotopic (exact) mass is 687 g/mol. The fourth-order valence-electron chi connectivity index (χ4n) is 5.05. The molecule has 0 aliphatic carbocycles. The van der Waals surface area contributed by atoms with E-state index in [0.717, 1.165) is 10.9 Å². The van der Waals surface area contributed by atoms with Crippen molar-refractivity contribution in [1.82, 2.24) is 19.5 Å². The van der Waals surface area contributed by atoms with E-state index in [2.05, 4.69) is 15.0 Å². The Morgan fingerprint density at radius 1 is 0.804 bits per heavy atom. The number of nitrogens with two attached hydrogens (primary N) is 1. The highest BCUT2D eigenvalue weighted by molar-refractivity contribution is 7.47. The lowest BCUT2D eigenvalue weighted by Gasteiger charge is -2.42. The topological polar surface area (TPSA) is 364 Å². The summed E-state index contributed by atoms with van der Waals surface area (Å²) >= 11 is 0. The lowest BCUT2D eigenvalue weighted by molar-refractivity contribution is -0.325. The molecule has 0 radical (unpaired) electrons. The first-order valence-corrected chi connectivity index (χ1v) is 15.1.